The van der Waals surface area contributed by atoms with Gasteiger partial charge in [-0.1, -0.05) is 6.07 Å². The van der Waals surface area contributed by atoms with Crippen molar-refractivity contribution in [3.05, 3.63) is 47.9 Å². The molecule has 1 aromatic heterocycles. The number of esters is 1. The van der Waals surface area contributed by atoms with Crippen LogP contribution < -0.4 is 14.8 Å². The number of hydrogen-bond donors (Lipinski definition) is 1. The van der Waals surface area contributed by atoms with E-state index in [1.165, 1.54) is 13.2 Å². The van der Waals surface area contributed by atoms with Crippen LogP contribution in [0.4, 0.5) is 0 Å². The zero-order valence-electron chi connectivity index (χ0n) is 12.8. The molecule has 2 rings (SSSR count). The number of carbonyl (C=O) groups excluding carboxylic acids is 2. The first-order valence-corrected chi connectivity index (χ1v) is 6.83. The second kappa shape index (κ2) is 7.88. The highest BCUT2D eigenvalue weighted by Gasteiger charge is 2.13. The van der Waals surface area contributed by atoms with Gasteiger partial charge in [0.15, 0.2) is 5.76 Å². The minimum atomic E-state index is -0.536. The molecular formula is C16H17NO6. The van der Waals surface area contributed by atoms with Gasteiger partial charge in [0.1, 0.15) is 30.4 Å². The van der Waals surface area contributed by atoms with Crippen LogP contribution in [-0.2, 0) is 16.1 Å². The smallest absolute Gasteiger partial charge is 0.325 e. The lowest BCUT2D eigenvalue weighted by Crippen LogP contribution is -2.29. The van der Waals surface area contributed by atoms with Crippen molar-refractivity contribution in [3.8, 4) is 11.5 Å². The van der Waals surface area contributed by atoms with Gasteiger partial charge in [-0.3, -0.25) is 9.59 Å². The maximum absolute atomic E-state index is 11.8. The quantitative estimate of drug-likeness (QED) is 0.783. The molecule has 0 spiro atoms. The van der Waals surface area contributed by atoms with Gasteiger partial charge >= 0.3 is 5.97 Å². The molecule has 0 saturated carbocycles. The van der Waals surface area contributed by atoms with Gasteiger partial charge in [-0.2, -0.15) is 0 Å². The lowest BCUT2D eigenvalue weighted by atomic mass is 10.3. The highest BCUT2D eigenvalue weighted by molar-refractivity contribution is 5.93. The molecule has 0 atom stereocenters. The average molecular weight is 319 g/mol. The van der Waals surface area contributed by atoms with Crippen LogP contribution in [0.15, 0.2) is 40.8 Å². The SMILES string of the molecule is COC(=O)CNC(=O)c1ccc(COc2cccc(OC)c2)o1. The predicted molar refractivity (Wildman–Crippen MR) is 80.4 cm³/mol. The molecule has 0 aliphatic rings. The van der Waals surface area contributed by atoms with Crippen LogP contribution in [0.25, 0.3) is 0 Å². The molecule has 0 saturated heterocycles. The Labute approximate surface area is 133 Å². The number of amides is 1. The van der Waals surface area contributed by atoms with E-state index in [4.69, 9.17) is 13.9 Å². The van der Waals surface area contributed by atoms with Gasteiger partial charge in [0, 0.05) is 6.07 Å². The molecule has 0 fully saturated rings. The van der Waals surface area contributed by atoms with Crippen molar-refractivity contribution in [3.63, 3.8) is 0 Å². The third-order valence-electron chi connectivity index (χ3n) is 2.93. The summed E-state index contributed by atoms with van der Waals surface area (Å²) in [6.07, 6.45) is 0. The molecular weight excluding hydrogens is 302 g/mol. The maximum atomic E-state index is 11.8. The zero-order valence-corrected chi connectivity index (χ0v) is 12.8. The van der Waals surface area contributed by atoms with Crippen molar-refractivity contribution in [2.45, 2.75) is 6.61 Å². The fourth-order valence-corrected chi connectivity index (χ4v) is 1.73. The molecule has 7 heteroatoms. The standard InChI is InChI=1S/C16H17NO6/c1-20-11-4-3-5-12(8-11)22-10-13-6-7-14(23-13)16(19)17-9-15(18)21-2/h3-8H,9-10H2,1-2H3,(H,17,19). The van der Waals surface area contributed by atoms with E-state index in [2.05, 4.69) is 10.1 Å². The van der Waals surface area contributed by atoms with Crippen molar-refractivity contribution in [1.82, 2.24) is 5.32 Å². The molecule has 23 heavy (non-hydrogen) atoms. The van der Waals surface area contributed by atoms with Crippen molar-refractivity contribution in [2.75, 3.05) is 20.8 Å². The Morgan fingerprint density at radius 3 is 2.65 bits per heavy atom. The number of nitrogens with one attached hydrogen (secondary N) is 1. The van der Waals surface area contributed by atoms with Crippen LogP contribution in [0.1, 0.15) is 16.3 Å². The monoisotopic (exact) mass is 319 g/mol. The summed E-state index contributed by atoms with van der Waals surface area (Å²) in [5.74, 6) is 0.853. The molecule has 0 radical (unpaired) electrons. The molecule has 1 amide bonds. The predicted octanol–water partition coefficient (Wildman–Crippen LogP) is 1.77. The van der Waals surface area contributed by atoms with Gasteiger partial charge in [0.05, 0.1) is 14.2 Å². The van der Waals surface area contributed by atoms with E-state index in [1.54, 1.807) is 25.3 Å². The summed E-state index contributed by atoms with van der Waals surface area (Å²) >= 11 is 0. The Hall–Kier alpha value is -2.96. The topological polar surface area (TPSA) is 87.0 Å². The number of ether oxygens (including phenoxy) is 3. The van der Waals surface area contributed by atoms with E-state index in [-0.39, 0.29) is 18.9 Å². The number of benzene rings is 1. The van der Waals surface area contributed by atoms with Crippen LogP contribution in [0.3, 0.4) is 0 Å². The van der Waals surface area contributed by atoms with Gasteiger partial charge in [-0.25, -0.2) is 0 Å². The molecule has 1 aromatic carbocycles. The first kappa shape index (κ1) is 16.4. The third-order valence-corrected chi connectivity index (χ3v) is 2.93. The summed E-state index contributed by atoms with van der Waals surface area (Å²) in [7, 11) is 2.82. The molecule has 7 nitrogen and oxygen atoms in total. The molecule has 0 aliphatic heterocycles. The fraction of sp³-hybridized carbons (Fsp3) is 0.250. The Bertz CT molecular complexity index is 679. The minimum Gasteiger partial charge on any atom is -0.497 e. The lowest BCUT2D eigenvalue weighted by molar-refractivity contribution is -0.139. The number of hydrogen-bond acceptors (Lipinski definition) is 6. The molecule has 0 unspecified atom stereocenters. The Morgan fingerprint density at radius 1 is 1.13 bits per heavy atom. The number of carbonyl (C=O) groups is 2. The van der Waals surface area contributed by atoms with Crippen LogP contribution in [0, 0.1) is 0 Å². The van der Waals surface area contributed by atoms with Crippen LogP contribution in [0.2, 0.25) is 0 Å². The van der Waals surface area contributed by atoms with Crippen molar-refractivity contribution < 1.29 is 28.2 Å². The highest BCUT2D eigenvalue weighted by Crippen LogP contribution is 2.20. The van der Waals surface area contributed by atoms with Gasteiger partial charge in [0.2, 0.25) is 0 Å². The average Bonchev–Trinajstić information content (AvgIpc) is 3.06. The van der Waals surface area contributed by atoms with E-state index in [0.29, 0.717) is 17.3 Å². The van der Waals surface area contributed by atoms with Gasteiger partial charge in [-0.15, -0.1) is 0 Å². The Morgan fingerprint density at radius 2 is 1.91 bits per heavy atom. The third kappa shape index (κ3) is 4.77. The summed E-state index contributed by atoms with van der Waals surface area (Å²) < 4.78 is 20.5. The van der Waals surface area contributed by atoms with E-state index in [9.17, 15) is 9.59 Å². The van der Waals surface area contributed by atoms with Crippen LogP contribution in [0.5, 0.6) is 11.5 Å². The normalized spacial score (nSPS) is 10.0. The number of furan rings is 1. The molecule has 122 valence electrons. The van der Waals surface area contributed by atoms with Gasteiger partial charge in [0.25, 0.3) is 5.91 Å². The second-order valence-corrected chi connectivity index (χ2v) is 4.49. The lowest BCUT2D eigenvalue weighted by Gasteiger charge is -2.06. The summed E-state index contributed by atoms with van der Waals surface area (Å²) in [6.45, 7) is -0.0525. The summed E-state index contributed by atoms with van der Waals surface area (Å²) in [5.41, 5.74) is 0. The largest absolute Gasteiger partial charge is 0.497 e. The van der Waals surface area contributed by atoms with Crippen LogP contribution in [-0.4, -0.2) is 32.6 Å². The van der Waals surface area contributed by atoms with Gasteiger partial charge in [-0.05, 0) is 24.3 Å². The number of rotatable bonds is 7. The Balaban J connectivity index is 1.89. The van der Waals surface area contributed by atoms with E-state index in [1.807, 2.05) is 12.1 Å². The molecule has 1 heterocycles. The van der Waals surface area contributed by atoms with Crippen LogP contribution >= 0.6 is 0 Å². The summed E-state index contributed by atoms with van der Waals surface area (Å²) in [5, 5.41) is 2.39. The van der Waals surface area contributed by atoms with Crippen molar-refractivity contribution >= 4 is 11.9 Å². The first-order valence-electron chi connectivity index (χ1n) is 6.83. The molecule has 0 aliphatic carbocycles. The molecule has 2 aromatic rings. The minimum absolute atomic E-state index is 0.0955. The molecule has 1 N–H and O–H groups in total. The second-order valence-electron chi connectivity index (χ2n) is 4.49. The fourth-order valence-electron chi connectivity index (χ4n) is 1.73. The van der Waals surface area contributed by atoms with Gasteiger partial charge < -0.3 is 23.9 Å². The zero-order chi connectivity index (χ0) is 16.7. The van der Waals surface area contributed by atoms with E-state index in [0.717, 1.165) is 0 Å². The first-order chi connectivity index (χ1) is 11.1. The van der Waals surface area contributed by atoms with Crippen molar-refractivity contribution in [1.29, 1.82) is 0 Å². The maximum Gasteiger partial charge on any atom is 0.325 e. The highest BCUT2D eigenvalue weighted by atomic mass is 16.5. The van der Waals surface area contributed by atoms with E-state index >= 15 is 0 Å². The van der Waals surface area contributed by atoms with E-state index < -0.39 is 11.9 Å². The van der Waals surface area contributed by atoms with Crippen molar-refractivity contribution in [2.24, 2.45) is 0 Å². The number of methoxy groups -OCH3 is 2. The Kier molecular flexibility index (Phi) is 5.62. The summed E-state index contributed by atoms with van der Waals surface area (Å²) in [4.78, 5) is 22.7. The summed E-state index contributed by atoms with van der Waals surface area (Å²) in [6, 6.07) is 10.3. The molecule has 0 bridgehead atoms.